The maximum atomic E-state index is 11.8. The molecule has 1 atom stereocenters. The highest BCUT2D eigenvalue weighted by atomic mass is 35.5. The molecule has 1 saturated heterocycles. The molecular formula is C23H30ClN5O2. The van der Waals surface area contributed by atoms with Crippen LogP contribution in [0.4, 0.5) is 10.6 Å². The second kappa shape index (κ2) is 8.63. The number of fused-ring (bicyclic) bond motifs is 1. The molecule has 3 heterocycles. The number of nitrogens with zero attached hydrogens (tertiary/aromatic N) is 5. The van der Waals surface area contributed by atoms with Crippen LogP contribution in [0, 0.1) is 5.41 Å². The minimum atomic E-state index is -0.862. The lowest BCUT2D eigenvalue weighted by Gasteiger charge is -2.46. The van der Waals surface area contributed by atoms with Gasteiger partial charge in [-0.05, 0) is 29.0 Å². The normalized spacial score (nSPS) is 19.9. The molecular weight excluding hydrogens is 414 g/mol. The number of benzene rings is 1. The van der Waals surface area contributed by atoms with Crippen LogP contribution in [-0.4, -0.2) is 63.2 Å². The topological polar surface area (TPSA) is 72.8 Å². The Hall–Kier alpha value is -2.38. The third-order valence-electron chi connectivity index (χ3n) is 6.27. The summed E-state index contributed by atoms with van der Waals surface area (Å²) >= 11 is 6.34. The third-order valence-corrected chi connectivity index (χ3v) is 6.44. The van der Waals surface area contributed by atoms with Gasteiger partial charge in [0.05, 0.1) is 11.7 Å². The fraction of sp³-hybridized carbons (Fsp3) is 0.522. The monoisotopic (exact) mass is 443 g/mol. The van der Waals surface area contributed by atoms with Gasteiger partial charge < -0.3 is 14.9 Å². The van der Waals surface area contributed by atoms with Crippen molar-refractivity contribution in [2.75, 3.05) is 31.1 Å². The van der Waals surface area contributed by atoms with Crippen molar-refractivity contribution in [3.05, 3.63) is 52.4 Å². The molecule has 4 rings (SSSR count). The van der Waals surface area contributed by atoms with Crippen LogP contribution in [-0.2, 0) is 19.5 Å². The van der Waals surface area contributed by atoms with Gasteiger partial charge >= 0.3 is 6.09 Å². The van der Waals surface area contributed by atoms with Crippen molar-refractivity contribution >= 4 is 23.5 Å². The number of carbonyl (C=O) groups is 1. The summed E-state index contributed by atoms with van der Waals surface area (Å²) in [5.41, 5.74) is 3.22. The zero-order valence-electron chi connectivity index (χ0n) is 18.4. The highest BCUT2D eigenvalue weighted by Gasteiger charge is 2.39. The minimum absolute atomic E-state index is 0.124. The van der Waals surface area contributed by atoms with Crippen LogP contribution in [0.15, 0.2) is 30.3 Å². The Bertz CT molecular complexity index is 947. The molecule has 0 radical (unpaired) electrons. The average molecular weight is 444 g/mol. The van der Waals surface area contributed by atoms with Crippen LogP contribution >= 0.6 is 11.6 Å². The average Bonchev–Trinajstić information content (AvgIpc) is 2.72. The van der Waals surface area contributed by atoms with Crippen molar-refractivity contribution in [2.45, 2.75) is 46.3 Å². The molecule has 2 aromatic rings. The van der Waals surface area contributed by atoms with Crippen molar-refractivity contribution in [3.8, 4) is 0 Å². The van der Waals surface area contributed by atoms with E-state index >= 15 is 0 Å². The van der Waals surface area contributed by atoms with E-state index in [1.165, 1.54) is 5.56 Å². The van der Waals surface area contributed by atoms with Crippen LogP contribution in [0.25, 0.3) is 0 Å². The fourth-order valence-corrected chi connectivity index (χ4v) is 4.80. The first-order valence-electron chi connectivity index (χ1n) is 10.8. The first-order chi connectivity index (χ1) is 14.7. The van der Waals surface area contributed by atoms with E-state index in [1.54, 1.807) is 4.90 Å². The van der Waals surface area contributed by atoms with Gasteiger partial charge in [-0.1, -0.05) is 51.1 Å². The lowest BCUT2D eigenvalue weighted by Crippen LogP contribution is -2.59. The quantitative estimate of drug-likeness (QED) is 0.725. The summed E-state index contributed by atoms with van der Waals surface area (Å²) in [6, 6.07) is 10.3. The predicted octanol–water partition coefficient (Wildman–Crippen LogP) is 3.90. The molecule has 1 N–H and O–H groups in total. The van der Waals surface area contributed by atoms with Gasteiger partial charge in [0.15, 0.2) is 0 Å². The van der Waals surface area contributed by atoms with Gasteiger partial charge in [0.2, 0.25) is 5.28 Å². The van der Waals surface area contributed by atoms with Crippen LogP contribution < -0.4 is 4.90 Å². The van der Waals surface area contributed by atoms with Crippen LogP contribution in [0.3, 0.4) is 0 Å². The molecule has 1 amide bonds. The van der Waals surface area contributed by atoms with Crippen LogP contribution in [0.5, 0.6) is 0 Å². The summed E-state index contributed by atoms with van der Waals surface area (Å²) in [5.74, 6) is 0.869. The van der Waals surface area contributed by atoms with Gasteiger partial charge in [-0.2, -0.15) is 0 Å². The van der Waals surface area contributed by atoms with Gasteiger partial charge in [0.1, 0.15) is 5.82 Å². The summed E-state index contributed by atoms with van der Waals surface area (Å²) in [4.78, 5) is 27.1. The summed E-state index contributed by atoms with van der Waals surface area (Å²) < 4.78 is 0. The van der Waals surface area contributed by atoms with E-state index in [0.29, 0.717) is 19.6 Å². The number of anilines is 1. The summed E-state index contributed by atoms with van der Waals surface area (Å²) in [7, 11) is 0. The number of carboxylic acid groups (broad SMARTS) is 1. The second-order valence-corrected chi connectivity index (χ2v) is 9.83. The van der Waals surface area contributed by atoms with Gasteiger partial charge in [0, 0.05) is 44.8 Å². The molecule has 166 valence electrons. The number of hydrogen-bond acceptors (Lipinski definition) is 5. The van der Waals surface area contributed by atoms with Gasteiger partial charge in [0.25, 0.3) is 0 Å². The molecule has 0 saturated carbocycles. The number of amides is 1. The Morgan fingerprint density at radius 2 is 1.90 bits per heavy atom. The van der Waals surface area contributed by atoms with Crippen molar-refractivity contribution in [1.82, 2.24) is 19.8 Å². The second-order valence-electron chi connectivity index (χ2n) is 9.49. The van der Waals surface area contributed by atoms with E-state index in [9.17, 15) is 9.90 Å². The Morgan fingerprint density at radius 1 is 1.16 bits per heavy atom. The lowest BCUT2D eigenvalue weighted by atomic mass is 9.84. The van der Waals surface area contributed by atoms with Crippen molar-refractivity contribution in [1.29, 1.82) is 0 Å². The molecule has 1 fully saturated rings. The lowest BCUT2D eigenvalue weighted by molar-refractivity contribution is 0.0746. The number of rotatable bonds is 3. The number of halogens is 1. The fourth-order valence-electron chi connectivity index (χ4n) is 4.62. The molecule has 0 spiro atoms. The smallest absolute Gasteiger partial charge is 0.407 e. The van der Waals surface area contributed by atoms with Crippen molar-refractivity contribution < 1.29 is 9.90 Å². The van der Waals surface area contributed by atoms with Gasteiger partial charge in [-0.3, -0.25) is 4.90 Å². The highest BCUT2D eigenvalue weighted by Crippen LogP contribution is 2.33. The van der Waals surface area contributed by atoms with E-state index < -0.39 is 6.09 Å². The Labute approximate surface area is 188 Å². The maximum absolute atomic E-state index is 11.8. The molecule has 2 aliphatic rings. The molecule has 31 heavy (non-hydrogen) atoms. The maximum Gasteiger partial charge on any atom is 0.407 e. The molecule has 7 nitrogen and oxygen atoms in total. The van der Waals surface area contributed by atoms with Crippen molar-refractivity contribution in [2.24, 2.45) is 5.41 Å². The Kier molecular flexibility index (Phi) is 6.08. The first-order valence-corrected chi connectivity index (χ1v) is 11.2. The molecule has 0 bridgehead atoms. The summed E-state index contributed by atoms with van der Waals surface area (Å²) in [5, 5.41) is 9.92. The summed E-state index contributed by atoms with van der Waals surface area (Å²) in [6.45, 7) is 10.4. The van der Waals surface area contributed by atoms with E-state index in [4.69, 9.17) is 11.6 Å². The molecule has 1 unspecified atom stereocenters. The van der Waals surface area contributed by atoms with E-state index in [0.717, 1.165) is 43.1 Å². The Morgan fingerprint density at radius 3 is 2.58 bits per heavy atom. The molecule has 1 aromatic heterocycles. The SMILES string of the molecule is CC(C)(C)C1CN(c2nc(Cl)nc3c2CCN(Cc2ccccc2)C3)CCN1C(=O)O. The number of piperazine rings is 1. The van der Waals surface area contributed by atoms with Gasteiger partial charge in [-0.15, -0.1) is 0 Å². The minimum Gasteiger partial charge on any atom is -0.465 e. The number of hydrogen-bond donors (Lipinski definition) is 1. The van der Waals surface area contributed by atoms with Crippen LogP contribution in [0.1, 0.15) is 37.6 Å². The number of aromatic nitrogens is 2. The largest absolute Gasteiger partial charge is 0.465 e. The zero-order chi connectivity index (χ0) is 22.2. The van der Waals surface area contributed by atoms with E-state index in [1.807, 2.05) is 6.07 Å². The third kappa shape index (κ3) is 4.77. The van der Waals surface area contributed by atoms with Crippen molar-refractivity contribution in [3.63, 3.8) is 0 Å². The first kappa shape index (κ1) is 21.8. The molecule has 2 aliphatic heterocycles. The predicted molar refractivity (Wildman–Crippen MR) is 121 cm³/mol. The van der Waals surface area contributed by atoms with E-state index in [2.05, 4.69) is 64.8 Å². The van der Waals surface area contributed by atoms with E-state index in [-0.39, 0.29) is 16.7 Å². The molecule has 8 heteroatoms. The van der Waals surface area contributed by atoms with Crippen LogP contribution in [0.2, 0.25) is 5.28 Å². The molecule has 0 aliphatic carbocycles. The zero-order valence-corrected chi connectivity index (χ0v) is 19.1. The molecule has 1 aromatic carbocycles. The van der Waals surface area contributed by atoms with Gasteiger partial charge in [-0.25, -0.2) is 14.8 Å². The Balaban J connectivity index is 1.57. The standard InChI is InChI=1S/C23H30ClN5O2/c1-23(2,3)19-15-28(11-12-29(19)22(30)31)20-17-9-10-27(13-16-7-5-4-6-8-16)14-18(17)25-21(24)26-20/h4-8,19H,9-15H2,1-3H3,(H,30,31). The summed E-state index contributed by atoms with van der Waals surface area (Å²) in [6.07, 6.45) is -0.00699. The highest BCUT2D eigenvalue weighted by molar-refractivity contribution is 6.28.